The molecule has 0 bridgehead atoms. The first-order chi connectivity index (χ1) is 5.97. The van der Waals surface area contributed by atoms with E-state index in [9.17, 15) is 5.11 Å². The lowest BCUT2D eigenvalue weighted by molar-refractivity contribution is 0.143. The summed E-state index contributed by atoms with van der Waals surface area (Å²) in [6.45, 7) is 3.29. The maximum absolute atomic E-state index is 9.34. The highest BCUT2D eigenvalue weighted by Gasteiger charge is 2.05. The second-order valence-corrected chi connectivity index (χ2v) is 3.43. The molecule has 14 heavy (non-hydrogen) atoms. The summed E-state index contributed by atoms with van der Waals surface area (Å²) in [5, 5.41) is 9.34. The smallest absolute Gasteiger partial charge is 0.120 e. The molecule has 0 heterocycles. The van der Waals surface area contributed by atoms with Gasteiger partial charge in [-0.3, -0.25) is 0 Å². The van der Waals surface area contributed by atoms with Gasteiger partial charge in [0, 0.05) is 11.3 Å². The number of benzene rings is 1. The number of hydrogen-bond acceptors (Lipinski definition) is 2. The SMILES string of the molecule is CC(C)(O)C#Cc1cccc(N)c1.Cl. The molecule has 0 aliphatic heterocycles. The van der Waals surface area contributed by atoms with Crippen LogP contribution in [0.15, 0.2) is 24.3 Å². The molecule has 0 aliphatic rings. The van der Waals surface area contributed by atoms with Crippen molar-refractivity contribution in [2.75, 3.05) is 5.73 Å². The van der Waals surface area contributed by atoms with E-state index < -0.39 is 5.60 Å². The summed E-state index contributed by atoms with van der Waals surface area (Å²) in [5.41, 5.74) is 6.12. The van der Waals surface area contributed by atoms with E-state index in [1.807, 2.05) is 12.1 Å². The van der Waals surface area contributed by atoms with Crippen LogP contribution in [-0.2, 0) is 0 Å². The van der Waals surface area contributed by atoms with E-state index in [0.717, 1.165) is 5.56 Å². The minimum absolute atomic E-state index is 0. The van der Waals surface area contributed by atoms with Crippen molar-refractivity contribution >= 4 is 18.1 Å². The molecule has 0 amide bonds. The topological polar surface area (TPSA) is 46.2 Å². The van der Waals surface area contributed by atoms with Gasteiger partial charge in [-0.1, -0.05) is 17.9 Å². The van der Waals surface area contributed by atoms with Gasteiger partial charge < -0.3 is 10.8 Å². The van der Waals surface area contributed by atoms with Crippen LogP contribution in [0.4, 0.5) is 5.69 Å². The lowest BCUT2D eigenvalue weighted by Crippen LogP contribution is -2.14. The summed E-state index contributed by atoms with van der Waals surface area (Å²) in [6.07, 6.45) is 0. The van der Waals surface area contributed by atoms with Gasteiger partial charge in [-0.25, -0.2) is 0 Å². The van der Waals surface area contributed by atoms with Crippen LogP contribution in [0.5, 0.6) is 0 Å². The molecular formula is C11H14ClNO. The fourth-order valence-corrected chi connectivity index (χ4v) is 0.842. The monoisotopic (exact) mass is 211 g/mol. The third-order valence-corrected chi connectivity index (χ3v) is 1.40. The first-order valence-corrected chi connectivity index (χ1v) is 4.08. The third kappa shape index (κ3) is 4.76. The predicted octanol–water partition coefficient (Wildman–Crippen LogP) is 1.81. The zero-order chi connectivity index (χ0) is 9.90. The number of rotatable bonds is 0. The van der Waals surface area contributed by atoms with E-state index in [-0.39, 0.29) is 12.4 Å². The highest BCUT2D eigenvalue weighted by atomic mass is 35.5. The molecule has 3 heteroatoms. The fraction of sp³-hybridized carbons (Fsp3) is 0.273. The predicted molar refractivity (Wildman–Crippen MR) is 61.3 cm³/mol. The Labute approximate surface area is 90.5 Å². The second-order valence-electron chi connectivity index (χ2n) is 3.43. The second kappa shape index (κ2) is 4.90. The third-order valence-electron chi connectivity index (χ3n) is 1.40. The van der Waals surface area contributed by atoms with Gasteiger partial charge in [0.25, 0.3) is 0 Å². The largest absolute Gasteiger partial charge is 0.399 e. The van der Waals surface area contributed by atoms with Crippen LogP contribution in [0.25, 0.3) is 0 Å². The number of aliphatic hydroxyl groups is 1. The van der Waals surface area contributed by atoms with Gasteiger partial charge in [-0.15, -0.1) is 12.4 Å². The molecule has 2 nitrogen and oxygen atoms in total. The van der Waals surface area contributed by atoms with Gasteiger partial charge in [0.05, 0.1) is 0 Å². The maximum atomic E-state index is 9.34. The minimum Gasteiger partial charge on any atom is -0.399 e. The van der Waals surface area contributed by atoms with Crippen LogP contribution in [-0.4, -0.2) is 10.7 Å². The van der Waals surface area contributed by atoms with Gasteiger partial charge in [0.2, 0.25) is 0 Å². The Morgan fingerprint density at radius 3 is 2.50 bits per heavy atom. The maximum Gasteiger partial charge on any atom is 0.120 e. The molecule has 1 rings (SSSR count). The summed E-state index contributed by atoms with van der Waals surface area (Å²) in [7, 11) is 0. The van der Waals surface area contributed by atoms with Crippen molar-refractivity contribution in [3.63, 3.8) is 0 Å². The number of nitrogens with two attached hydrogens (primary N) is 1. The van der Waals surface area contributed by atoms with Crippen molar-refractivity contribution < 1.29 is 5.11 Å². The Bertz CT molecular complexity index is 358. The molecule has 0 radical (unpaired) electrons. The molecule has 0 fully saturated rings. The van der Waals surface area contributed by atoms with E-state index >= 15 is 0 Å². The van der Waals surface area contributed by atoms with Crippen molar-refractivity contribution in [3.05, 3.63) is 29.8 Å². The van der Waals surface area contributed by atoms with E-state index in [4.69, 9.17) is 5.73 Å². The van der Waals surface area contributed by atoms with Gasteiger partial charge in [-0.05, 0) is 32.0 Å². The zero-order valence-corrected chi connectivity index (χ0v) is 9.06. The minimum atomic E-state index is -0.954. The Balaban J connectivity index is 0.00000169. The normalized spacial score (nSPS) is 9.64. The Kier molecular flexibility index (Phi) is 4.49. The van der Waals surface area contributed by atoms with Gasteiger partial charge in [0.15, 0.2) is 0 Å². The highest BCUT2D eigenvalue weighted by molar-refractivity contribution is 5.85. The van der Waals surface area contributed by atoms with E-state index in [1.165, 1.54) is 0 Å². The van der Waals surface area contributed by atoms with Crippen molar-refractivity contribution in [2.45, 2.75) is 19.4 Å². The quantitative estimate of drug-likeness (QED) is 0.508. The average molecular weight is 212 g/mol. The summed E-state index contributed by atoms with van der Waals surface area (Å²) in [6, 6.07) is 7.27. The van der Waals surface area contributed by atoms with E-state index in [2.05, 4.69) is 11.8 Å². The first kappa shape index (κ1) is 12.8. The summed E-state index contributed by atoms with van der Waals surface area (Å²) in [5.74, 6) is 5.56. The summed E-state index contributed by atoms with van der Waals surface area (Å²) >= 11 is 0. The van der Waals surface area contributed by atoms with Crippen molar-refractivity contribution in [1.82, 2.24) is 0 Å². The van der Waals surface area contributed by atoms with Crippen LogP contribution in [0.3, 0.4) is 0 Å². The Hall–Kier alpha value is -1.17. The van der Waals surface area contributed by atoms with Gasteiger partial charge in [0.1, 0.15) is 5.60 Å². The Morgan fingerprint density at radius 1 is 1.36 bits per heavy atom. The summed E-state index contributed by atoms with van der Waals surface area (Å²) in [4.78, 5) is 0. The summed E-state index contributed by atoms with van der Waals surface area (Å²) < 4.78 is 0. The lowest BCUT2D eigenvalue weighted by Gasteiger charge is -2.05. The van der Waals surface area contributed by atoms with Gasteiger partial charge in [-0.2, -0.15) is 0 Å². The molecule has 0 atom stereocenters. The zero-order valence-electron chi connectivity index (χ0n) is 8.24. The van der Waals surface area contributed by atoms with Crippen LogP contribution >= 0.6 is 12.4 Å². The molecule has 0 spiro atoms. The molecule has 1 aromatic rings. The van der Waals surface area contributed by atoms with Crippen LogP contribution < -0.4 is 5.73 Å². The molecule has 76 valence electrons. The van der Waals surface area contributed by atoms with Crippen molar-refractivity contribution in [3.8, 4) is 11.8 Å². The Morgan fingerprint density at radius 2 is 2.00 bits per heavy atom. The first-order valence-electron chi connectivity index (χ1n) is 4.08. The van der Waals surface area contributed by atoms with Crippen molar-refractivity contribution in [1.29, 1.82) is 0 Å². The number of hydrogen-bond donors (Lipinski definition) is 2. The number of nitrogen functional groups attached to an aromatic ring is 1. The van der Waals surface area contributed by atoms with E-state index in [0.29, 0.717) is 5.69 Å². The molecule has 0 aliphatic carbocycles. The van der Waals surface area contributed by atoms with Crippen LogP contribution in [0, 0.1) is 11.8 Å². The lowest BCUT2D eigenvalue weighted by atomic mass is 10.1. The fourth-order valence-electron chi connectivity index (χ4n) is 0.842. The molecule has 0 saturated heterocycles. The molecular weight excluding hydrogens is 198 g/mol. The van der Waals surface area contributed by atoms with E-state index in [1.54, 1.807) is 26.0 Å². The van der Waals surface area contributed by atoms with Crippen molar-refractivity contribution in [2.24, 2.45) is 0 Å². The van der Waals surface area contributed by atoms with Gasteiger partial charge >= 0.3 is 0 Å². The van der Waals surface area contributed by atoms with Crippen LogP contribution in [0.2, 0.25) is 0 Å². The molecule has 0 aromatic heterocycles. The molecule has 1 aromatic carbocycles. The number of anilines is 1. The molecule has 3 N–H and O–H groups in total. The molecule has 0 unspecified atom stereocenters. The molecule has 0 saturated carbocycles. The van der Waals surface area contributed by atoms with Crippen LogP contribution in [0.1, 0.15) is 19.4 Å². The average Bonchev–Trinajstić information content (AvgIpc) is 2.00. The standard InChI is InChI=1S/C11H13NO.ClH/c1-11(2,13)7-6-9-4-3-5-10(12)8-9;/h3-5,8,13H,12H2,1-2H3;1H. The number of halogens is 1. The highest BCUT2D eigenvalue weighted by Crippen LogP contribution is 2.05.